The molecule has 0 radical (unpaired) electrons. The summed E-state index contributed by atoms with van der Waals surface area (Å²) in [5.41, 5.74) is 2.67. The smallest absolute Gasteiger partial charge is 0.253 e. The second kappa shape index (κ2) is 8.67. The van der Waals surface area contributed by atoms with Gasteiger partial charge in [0.25, 0.3) is 5.91 Å². The number of carbonyl (C=O) groups is 2. The lowest BCUT2D eigenvalue weighted by molar-refractivity contribution is -0.123. The molecule has 0 bridgehead atoms. The van der Waals surface area contributed by atoms with Crippen LogP contribution in [0, 0.1) is 12.8 Å². The molecule has 2 aromatic carbocycles. The van der Waals surface area contributed by atoms with Gasteiger partial charge in [0.15, 0.2) is 0 Å². The molecular weight excluding hydrogens is 336 g/mol. The highest BCUT2D eigenvalue weighted by Gasteiger charge is 2.31. The van der Waals surface area contributed by atoms with Crippen molar-refractivity contribution in [3.63, 3.8) is 0 Å². The predicted molar refractivity (Wildman–Crippen MR) is 109 cm³/mol. The number of nitrogens with zero attached hydrogens (tertiary/aromatic N) is 2. The van der Waals surface area contributed by atoms with Gasteiger partial charge in [0, 0.05) is 30.9 Å². The van der Waals surface area contributed by atoms with Gasteiger partial charge in [-0.25, -0.2) is 0 Å². The zero-order chi connectivity index (χ0) is 19.2. The Bertz CT molecular complexity index is 799. The van der Waals surface area contributed by atoms with Gasteiger partial charge in [-0.2, -0.15) is 0 Å². The maximum absolute atomic E-state index is 13.2. The average Bonchev–Trinajstić information content (AvgIpc) is 2.72. The molecule has 0 aliphatic carbocycles. The van der Waals surface area contributed by atoms with Crippen molar-refractivity contribution in [2.45, 2.75) is 19.8 Å². The van der Waals surface area contributed by atoms with Crippen LogP contribution in [0.5, 0.6) is 0 Å². The summed E-state index contributed by atoms with van der Waals surface area (Å²) in [6.45, 7) is 7.41. The minimum absolute atomic E-state index is 0.00230. The van der Waals surface area contributed by atoms with E-state index in [0.717, 1.165) is 24.1 Å². The first kappa shape index (κ1) is 18.9. The highest BCUT2D eigenvalue weighted by molar-refractivity contribution is 5.97. The molecule has 4 heteroatoms. The minimum atomic E-state index is -0.187. The summed E-state index contributed by atoms with van der Waals surface area (Å²) in [4.78, 5) is 29.6. The van der Waals surface area contributed by atoms with E-state index in [-0.39, 0.29) is 17.7 Å². The van der Waals surface area contributed by atoms with E-state index >= 15 is 0 Å². The maximum atomic E-state index is 13.2. The van der Waals surface area contributed by atoms with Crippen LogP contribution in [0.1, 0.15) is 28.8 Å². The van der Waals surface area contributed by atoms with Crippen molar-refractivity contribution in [3.05, 3.63) is 78.4 Å². The quantitative estimate of drug-likeness (QED) is 0.753. The summed E-state index contributed by atoms with van der Waals surface area (Å²) >= 11 is 0. The van der Waals surface area contributed by atoms with Crippen molar-refractivity contribution >= 4 is 17.5 Å². The van der Waals surface area contributed by atoms with Crippen LogP contribution in [-0.4, -0.2) is 36.3 Å². The number of rotatable bonds is 5. The van der Waals surface area contributed by atoms with E-state index < -0.39 is 0 Å². The van der Waals surface area contributed by atoms with Crippen LogP contribution in [0.4, 0.5) is 5.69 Å². The van der Waals surface area contributed by atoms with Crippen LogP contribution in [0.2, 0.25) is 0 Å². The number of anilines is 1. The number of piperidine rings is 1. The predicted octanol–water partition coefficient (Wildman–Crippen LogP) is 4.07. The fourth-order valence-corrected chi connectivity index (χ4v) is 3.52. The molecule has 2 aromatic rings. The number of carbonyl (C=O) groups excluding carboxylic acids is 2. The number of hydrogen-bond donors (Lipinski definition) is 0. The SMILES string of the molecule is C=CCN(C(=O)C1CCCN(C(=O)c2ccc(C)cc2)C1)c1ccccc1. The molecule has 2 amide bonds. The Morgan fingerprint density at radius 3 is 2.52 bits per heavy atom. The van der Waals surface area contributed by atoms with Gasteiger partial charge in [0.1, 0.15) is 0 Å². The molecular formula is C23H26N2O2. The van der Waals surface area contributed by atoms with Crippen molar-refractivity contribution < 1.29 is 9.59 Å². The third-order valence-corrected chi connectivity index (χ3v) is 5.00. The first-order valence-corrected chi connectivity index (χ1v) is 9.43. The summed E-state index contributed by atoms with van der Waals surface area (Å²) in [7, 11) is 0. The molecule has 1 saturated heterocycles. The van der Waals surface area contributed by atoms with Gasteiger partial charge in [-0.05, 0) is 44.0 Å². The van der Waals surface area contributed by atoms with E-state index in [1.54, 1.807) is 11.0 Å². The molecule has 1 fully saturated rings. The summed E-state index contributed by atoms with van der Waals surface area (Å²) in [6, 6.07) is 17.2. The van der Waals surface area contributed by atoms with E-state index in [1.807, 2.05) is 66.4 Å². The van der Waals surface area contributed by atoms with E-state index in [4.69, 9.17) is 0 Å². The zero-order valence-corrected chi connectivity index (χ0v) is 15.8. The Labute approximate surface area is 161 Å². The molecule has 140 valence electrons. The molecule has 0 spiro atoms. The van der Waals surface area contributed by atoms with Gasteiger partial charge in [-0.15, -0.1) is 6.58 Å². The first-order valence-electron chi connectivity index (χ1n) is 9.43. The van der Waals surface area contributed by atoms with Crippen molar-refractivity contribution in [3.8, 4) is 0 Å². The van der Waals surface area contributed by atoms with Crippen LogP contribution in [0.3, 0.4) is 0 Å². The summed E-state index contributed by atoms with van der Waals surface area (Å²) in [5.74, 6) is -0.127. The molecule has 1 aliphatic heterocycles. The topological polar surface area (TPSA) is 40.6 Å². The molecule has 1 unspecified atom stereocenters. The third-order valence-electron chi connectivity index (χ3n) is 5.00. The number of hydrogen-bond acceptors (Lipinski definition) is 2. The second-order valence-electron chi connectivity index (χ2n) is 7.03. The summed E-state index contributed by atoms with van der Waals surface area (Å²) in [6.07, 6.45) is 3.38. The number of aryl methyl sites for hydroxylation is 1. The highest BCUT2D eigenvalue weighted by atomic mass is 16.2. The monoisotopic (exact) mass is 362 g/mol. The molecule has 3 rings (SSSR count). The maximum Gasteiger partial charge on any atom is 0.253 e. The molecule has 0 N–H and O–H groups in total. The fraction of sp³-hybridized carbons (Fsp3) is 0.304. The van der Waals surface area contributed by atoms with Gasteiger partial charge in [-0.3, -0.25) is 9.59 Å². The van der Waals surface area contributed by atoms with Crippen LogP contribution in [0.15, 0.2) is 67.3 Å². The molecule has 1 heterocycles. The molecule has 0 saturated carbocycles. The first-order chi connectivity index (χ1) is 13.1. The van der Waals surface area contributed by atoms with E-state index in [0.29, 0.717) is 25.2 Å². The Kier molecular flexibility index (Phi) is 6.07. The minimum Gasteiger partial charge on any atom is -0.338 e. The lowest BCUT2D eigenvalue weighted by Crippen LogP contribution is -2.47. The van der Waals surface area contributed by atoms with E-state index in [2.05, 4.69) is 6.58 Å². The highest BCUT2D eigenvalue weighted by Crippen LogP contribution is 2.24. The van der Waals surface area contributed by atoms with Gasteiger partial charge in [-0.1, -0.05) is 42.0 Å². The van der Waals surface area contributed by atoms with Crippen LogP contribution in [0.25, 0.3) is 0 Å². The number of amides is 2. The average molecular weight is 362 g/mol. The lowest BCUT2D eigenvalue weighted by Gasteiger charge is -2.35. The van der Waals surface area contributed by atoms with E-state index in [1.165, 1.54) is 0 Å². The van der Waals surface area contributed by atoms with Gasteiger partial charge in [0.05, 0.1) is 5.92 Å². The van der Waals surface area contributed by atoms with Gasteiger partial charge >= 0.3 is 0 Å². The fourth-order valence-electron chi connectivity index (χ4n) is 3.52. The number of para-hydroxylation sites is 1. The normalized spacial score (nSPS) is 16.6. The Hall–Kier alpha value is -2.88. The molecule has 27 heavy (non-hydrogen) atoms. The van der Waals surface area contributed by atoms with E-state index in [9.17, 15) is 9.59 Å². The second-order valence-corrected chi connectivity index (χ2v) is 7.03. The van der Waals surface area contributed by atoms with Crippen LogP contribution >= 0.6 is 0 Å². The number of likely N-dealkylation sites (tertiary alicyclic amines) is 1. The molecule has 1 aliphatic rings. The van der Waals surface area contributed by atoms with Crippen molar-refractivity contribution in [1.82, 2.24) is 4.90 Å². The van der Waals surface area contributed by atoms with Crippen LogP contribution < -0.4 is 4.90 Å². The Morgan fingerprint density at radius 1 is 1.15 bits per heavy atom. The zero-order valence-electron chi connectivity index (χ0n) is 15.8. The molecule has 1 atom stereocenters. The molecule has 0 aromatic heterocycles. The summed E-state index contributed by atoms with van der Waals surface area (Å²) in [5, 5.41) is 0. The molecule has 4 nitrogen and oxygen atoms in total. The Balaban J connectivity index is 1.74. The standard InChI is InChI=1S/C23H26N2O2/c1-3-15-25(21-9-5-4-6-10-21)23(27)20-8-7-16-24(17-20)22(26)19-13-11-18(2)12-14-19/h3-6,9-14,20H,1,7-8,15-17H2,2H3. The van der Waals surface area contributed by atoms with Crippen LogP contribution in [-0.2, 0) is 4.79 Å². The van der Waals surface area contributed by atoms with Crippen molar-refractivity contribution in [2.24, 2.45) is 5.92 Å². The largest absolute Gasteiger partial charge is 0.338 e. The van der Waals surface area contributed by atoms with Crippen molar-refractivity contribution in [1.29, 1.82) is 0 Å². The third kappa shape index (κ3) is 4.45. The number of benzene rings is 2. The van der Waals surface area contributed by atoms with Crippen molar-refractivity contribution in [2.75, 3.05) is 24.5 Å². The lowest BCUT2D eigenvalue weighted by atomic mass is 9.95. The summed E-state index contributed by atoms with van der Waals surface area (Å²) < 4.78 is 0. The van der Waals surface area contributed by atoms with Gasteiger partial charge in [0.2, 0.25) is 5.91 Å². The Morgan fingerprint density at radius 2 is 1.85 bits per heavy atom. The van der Waals surface area contributed by atoms with Gasteiger partial charge < -0.3 is 9.80 Å².